The molecule has 2 aliphatic rings. The van der Waals surface area contributed by atoms with Crippen LogP contribution in [0.1, 0.15) is 75.8 Å². The SMILES string of the molecule is CC(C)n1cccc1C(=O)N1CCC[C@@H]1[C@H]1CCCC[C@@]1(C)O. The van der Waals surface area contributed by atoms with E-state index in [2.05, 4.69) is 18.4 Å². The largest absolute Gasteiger partial charge is 0.390 e. The van der Waals surface area contributed by atoms with E-state index in [1.807, 2.05) is 30.2 Å². The summed E-state index contributed by atoms with van der Waals surface area (Å²) in [7, 11) is 0. The summed E-state index contributed by atoms with van der Waals surface area (Å²) in [6, 6.07) is 4.35. The number of aromatic nitrogens is 1. The van der Waals surface area contributed by atoms with E-state index in [-0.39, 0.29) is 23.9 Å². The van der Waals surface area contributed by atoms with Gasteiger partial charge in [-0.1, -0.05) is 12.8 Å². The summed E-state index contributed by atoms with van der Waals surface area (Å²) < 4.78 is 2.05. The molecule has 4 nitrogen and oxygen atoms in total. The topological polar surface area (TPSA) is 45.5 Å². The number of hydrogen-bond acceptors (Lipinski definition) is 2. The molecule has 0 unspecified atom stereocenters. The molecular formula is C19H30N2O2. The Balaban J connectivity index is 1.84. The maximum absolute atomic E-state index is 13.1. The van der Waals surface area contributed by atoms with Gasteiger partial charge in [-0.05, 0) is 58.6 Å². The first-order valence-electron chi connectivity index (χ1n) is 9.12. The Morgan fingerprint density at radius 3 is 2.78 bits per heavy atom. The van der Waals surface area contributed by atoms with Gasteiger partial charge in [0.25, 0.3) is 5.91 Å². The number of carbonyl (C=O) groups is 1. The Labute approximate surface area is 139 Å². The summed E-state index contributed by atoms with van der Waals surface area (Å²) in [6.07, 6.45) is 8.22. The highest BCUT2D eigenvalue weighted by Crippen LogP contribution is 2.41. The molecule has 0 aromatic carbocycles. The second-order valence-corrected chi connectivity index (χ2v) is 7.81. The highest BCUT2D eigenvalue weighted by molar-refractivity contribution is 5.93. The van der Waals surface area contributed by atoms with Crippen LogP contribution in [0.15, 0.2) is 18.3 Å². The van der Waals surface area contributed by atoms with Gasteiger partial charge in [-0.2, -0.15) is 0 Å². The number of hydrogen-bond donors (Lipinski definition) is 1. The number of nitrogens with zero attached hydrogens (tertiary/aromatic N) is 2. The maximum atomic E-state index is 13.1. The third kappa shape index (κ3) is 3.06. The van der Waals surface area contributed by atoms with Gasteiger partial charge in [-0.15, -0.1) is 0 Å². The molecule has 4 heteroatoms. The molecule has 0 bridgehead atoms. The molecule has 1 amide bonds. The Kier molecular flexibility index (Phi) is 4.54. The van der Waals surface area contributed by atoms with Gasteiger partial charge in [0.05, 0.1) is 5.60 Å². The van der Waals surface area contributed by atoms with Crippen molar-refractivity contribution in [3.63, 3.8) is 0 Å². The second-order valence-electron chi connectivity index (χ2n) is 7.81. The summed E-state index contributed by atoms with van der Waals surface area (Å²) in [5, 5.41) is 10.8. The van der Waals surface area contributed by atoms with Crippen LogP contribution in [-0.4, -0.2) is 38.7 Å². The lowest BCUT2D eigenvalue weighted by Gasteiger charge is -2.43. The molecule has 23 heavy (non-hydrogen) atoms. The fraction of sp³-hybridized carbons (Fsp3) is 0.737. The Morgan fingerprint density at radius 2 is 2.09 bits per heavy atom. The molecule has 1 saturated carbocycles. The van der Waals surface area contributed by atoms with Crippen molar-refractivity contribution in [1.29, 1.82) is 0 Å². The monoisotopic (exact) mass is 318 g/mol. The molecule has 3 rings (SSSR count). The fourth-order valence-corrected chi connectivity index (χ4v) is 4.59. The minimum absolute atomic E-state index is 0.132. The van der Waals surface area contributed by atoms with Crippen molar-refractivity contribution in [2.75, 3.05) is 6.54 Å². The van der Waals surface area contributed by atoms with Gasteiger partial charge in [0.2, 0.25) is 0 Å². The highest BCUT2D eigenvalue weighted by atomic mass is 16.3. The van der Waals surface area contributed by atoms with E-state index in [9.17, 15) is 9.90 Å². The molecule has 1 aliphatic carbocycles. The zero-order valence-corrected chi connectivity index (χ0v) is 14.7. The van der Waals surface area contributed by atoms with E-state index < -0.39 is 5.60 Å². The quantitative estimate of drug-likeness (QED) is 0.925. The zero-order valence-electron chi connectivity index (χ0n) is 14.7. The lowest BCUT2D eigenvalue weighted by atomic mass is 9.72. The molecule has 1 N–H and O–H groups in total. The first kappa shape index (κ1) is 16.6. The maximum Gasteiger partial charge on any atom is 0.270 e. The van der Waals surface area contributed by atoms with Gasteiger partial charge >= 0.3 is 0 Å². The summed E-state index contributed by atoms with van der Waals surface area (Å²) >= 11 is 0. The van der Waals surface area contributed by atoms with Crippen LogP contribution in [0.3, 0.4) is 0 Å². The van der Waals surface area contributed by atoms with Crippen molar-refractivity contribution >= 4 is 5.91 Å². The fourth-order valence-electron chi connectivity index (χ4n) is 4.59. The molecule has 2 heterocycles. The lowest BCUT2D eigenvalue weighted by Crippen LogP contribution is -2.50. The van der Waals surface area contributed by atoms with Crippen LogP contribution in [-0.2, 0) is 0 Å². The van der Waals surface area contributed by atoms with Gasteiger partial charge in [-0.25, -0.2) is 0 Å². The van der Waals surface area contributed by atoms with E-state index in [0.717, 1.165) is 44.3 Å². The second kappa shape index (κ2) is 6.31. The van der Waals surface area contributed by atoms with Crippen molar-refractivity contribution in [2.24, 2.45) is 5.92 Å². The minimum atomic E-state index is -0.633. The molecule has 128 valence electrons. The first-order valence-corrected chi connectivity index (χ1v) is 9.12. The summed E-state index contributed by atoms with van der Waals surface area (Å²) in [6.45, 7) is 6.99. The standard InChI is InChI=1S/C19H30N2O2/c1-14(2)20-12-7-10-17(20)18(22)21-13-6-9-16(21)15-8-4-5-11-19(15,3)23/h7,10,12,14-16,23H,4-6,8-9,11,13H2,1-3H3/t15-,16-,19-/m1/s1. The number of carbonyl (C=O) groups excluding carboxylic acids is 1. The van der Waals surface area contributed by atoms with Gasteiger partial charge in [0, 0.05) is 30.7 Å². The van der Waals surface area contributed by atoms with Gasteiger partial charge in [0.15, 0.2) is 0 Å². The average molecular weight is 318 g/mol. The van der Waals surface area contributed by atoms with Crippen LogP contribution >= 0.6 is 0 Å². The normalized spacial score (nSPS) is 31.8. The number of rotatable bonds is 3. The smallest absolute Gasteiger partial charge is 0.270 e. The molecule has 1 aromatic rings. The Bertz CT molecular complexity index is 561. The third-order valence-corrected chi connectivity index (χ3v) is 5.83. The van der Waals surface area contributed by atoms with E-state index in [0.29, 0.717) is 0 Å². The molecular weight excluding hydrogens is 288 g/mol. The first-order chi connectivity index (χ1) is 10.9. The molecule has 1 saturated heterocycles. The number of aliphatic hydroxyl groups is 1. The van der Waals surface area contributed by atoms with Crippen LogP contribution in [0.25, 0.3) is 0 Å². The van der Waals surface area contributed by atoms with Crippen LogP contribution < -0.4 is 0 Å². The molecule has 1 aromatic heterocycles. The van der Waals surface area contributed by atoms with Gasteiger partial charge in [0.1, 0.15) is 5.69 Å². The van der Waals surface area contributed by atoms with Crippen LogP contribution in [0.4, 0.5) is 0 Å². The Morgan fingerprint density at radius 1 is 1.30 bits per heavy atom. The summed E-state index contributed by atoms with van der Waals surface area (Å²) in [5.74, 6) is 0.345. The van der Waals surface area contributed by atoms with E-state index in [4.69, 9.17) is 0 Å². The van der Waals surface area contributed by atoms with Crippen molar-refractivity contribution < 1.29 is 9.90 Å². The summed E-state index contributed by atoms with van der Waals surface area (Å²) in [5.41, 5.74) is 0.147. The van der Waals surface area contributed by atoms with E-state index in [1.54, 1.807) is 0 Å². The van der Waals surface area contributed by atoms with E-state index in [1.165, 1.54) is 6.42 Å². The van der Waals surface area contributed by atoms with Crippen LogP contribution in [0.5, 0.6) is 0 Å². The molecule has 0 radical (unpaired) electrons. The molecule has 1 aliphatic heterocycles. The zero-order chi connectivity index (χ0) is 16.6. The van der Waals surface area contributed by atoms with Crippen molar-refractivity contribution in [3.05, 3.63) is 24.0 Å². The molecule has 0 spiro atoms. The van der Waals surface area contributed by atoms with Crippen molar-refractivity contribution in [3.8, 4) is 0 Å². The van der Waals surface area contributed by atoms with E-state index >= 15 is 0 Å². The third-order valence-electron chi connectivity index (χ3n) is 5.83. The summed E-state index contributed by atoms with van der Waals surface area (Å²) in [4.78, 5) is 15.2. The minimum Gasteiger partial charge on any atom is -0.390 e. The number of likely N-dealkylation sites (tertiary alicyclic amines) is 1. The average Bonchev–Trinajstić information content (AvgIpc) is 3.15. The van der Waals surface area contributed by atoms with Crippen molar-refractivity contribution in [2.45, 2.75) is 77.0 Å². The van der Waals surface area contributed by atoms with Gasteiger partial charge in [-0.3, -0.25) is 4.79 Å². The van der Waals surface area contributed by atoms with Crippen LogP contribution in [0.2, 0.25) is 0 Å². The molecule has 2 fully saturated rings. The predicted molar refractivity (Wildman–Crippen MR) is 91.5 cm³/mol. The Hall–Kier alpha value is -1.29. The lowest BCUT2D eigenvalue weighted by molar-refractivity contribution is -0.0578. The van der Waals surface area contributed by atoms with Crippen molar-refractivity contribution in [1.82, 2.24) is 9.47 Å². The van der Waals surface area contributed by atoms with Gasteiger partial charge < -0.3 is 14.6 Å². The number of amides is 1. The highest BCUT2D eigenvalue weighted by Gasteiger charge is 2.45. The molecule has 3 atom stereocenters. The predicted octanol–water partition coefficient (Wildman–Crippen LogP) is 3.61. The van der Waals surface area contributed by atoms with Crippen LogP contribution in [0, 0.1) is 5.92 Å².